The van der Waals surface area contributed by atoms with Crippen molar-refractivity contribution < 1.29 is 4.79 Å². The average Bonchev–Trinajstić information content (AvgIpc) is 2.78. The number of halogens is 2. The Morgan fingerprint density at radius 2 is 2.33 bits per heavy atom. The van der Waals surface area contributed by atoms with Gasteiger partial charge >= 0.3 is 0 Å². The smallest absolute Gasteiger partial charge is 0.223 e. The number of nitrogens with zero attached hydrogens (tertiary/aromatic N) is 2. The van der Waals surface area contributed by atoms with Gasteiger partial charge in [0, 0.05) is 30.9 Å². The zero-order valence-electron chi connectivity index (χ0n) is 10.1. The number of rotatable bonds is 3. The van der Waals surface area contributed by atoms with Gasteiger partial charge in [-0.2, -0.15) is 0 Å². The molecule has 1 aliphatic heterocycles. The number of nitrogens with two attached hydrogens (primary N) is 1. The predicted molar refractivity (Wildman–Crippen MR) is 78.7 cm³/mol. The molecule has 1 fully saturated rings. The number of aromatic nitrogens is 1. The minimum atomic E-state index is 0. The van der Waals surface area contributed by atoms with E-state index in [1.54, 1.807) is 16.8 Å². The highest BCUT2D eigenvalue weighted by Crippen LogP contribution is 2.11. The lowest BCUT2D eigenvalue weighted by molar-refractivity contribution is -0.132. The van der Waals surface area contributed by atoms with Gasteiger partial charge in [0.05, 0.1) is 11.2 Å². The molecule has 1 aliphatic rings. The van der Waals surface area contributed by atoms with Crippen molar-refractivity contribution in [3.63, 3.8) is 0 Å². The summed E-state index contributed by atoms with van der Waals surface area (Å²) < 4.78 is 0. The van der Waals surface area contributed by atoms with E-state index >= 15 is 0 Å². The summed E-state index contributed by atoms with van der Waals surface area (Å²) in [6, 6.07) is 0.164. The van der Waals surface area contributed by atoms with Crippen molar-refractivity contribution in [2.24, 2.45) is 5.73 Å². The molecule has 1 atom stereocenters. The third-order valence-corrected chi connectivity index (χ3v) is 3.52. The second-order valence-corrected chi connectivity index (χ2v) is 4.94. The molecular formula is C11H19Cl2N3OS. The fourth-order valence-corrected chi connectivity index (χ4v) is 2.58. The first-order chi connectivity index (χ1) is 7.75. The van der Waals surface area contributed by atoms with Crippen molar-refractivity contribution in [2.45, 2.75) is 31.7 Å². The number of hydrogen-bond acceptors (Lipinski definition) is 4. The Labute approximate surface area is 124 Å². The van der Waals surface area contributed by atoms with Gasteiger partial charge in [-0.25, -0.2) is 4.98 Å². The van der Waals surface area contributed by atoms with Crippen molar-refractivity contribution in [3.8, 4) is 0 Å². The molecule has 0 spiro atoms. The van der Waals surface area contributed by atoms with E-state index in [2.05, 4.69) is 4.98 Å². The number of piperidine rings is 1. The van der Waals surface area contributed by atoms with Crippen LogP contribution in [-0.2, 0) is 11.2 Å². The third kappa shape index (κ3) is 5.10. The SMILES string of the molecule is Cl.Cl.NC1CCCN(C(=O)CCc2cscn2)C1. The maximum Gasteiger partial charge on any atom is 0.223 e. The van der Waals surface area contributed by atoms with E-state index in [-0.39, 0.29) is 36.8 Å². The average molecular weight is 312 g/mol. The van der Waals surface area contributed by atoms with Gasteiger partial charge in [-0.05, 0) is 19.3 Å². The summed E-state index contributed by atoms with van der Waals surface area (Å²) in [5.74, 6) is 0.211. The summed E-state index contributed by atoms with van der Waals surface area (Å²) in [6.07, 6.45) is 3.37. The van der Waals surface area contributed by atoms with Crippen LogP contribution >= 0.6 is 36.2 Å². The van der Waals surface area contributed by atoms with Crippen molar-refractivity contribution in [2.75, 3.05) is 13.1 Å². The van der Waals surface area contributed by atoms with E-state index in [1.807, 2.05) is 10.3 Å². The molecule has 2 heterocycles. The highest BCUT2D eigenvalue weighted by molar-refractivity contribution is 7.07. The van der Waals surface area contributed by atoms with Gasteiger partial charge in [0.15, 0.2) is 0 Å². The second-order valence-electron chi connectivity index (χ2n) is 4.22. The van der Waals surface area contributed by atoms with E-state index in [1.165, 1.54) is 0 Å². The molecular weight excluding hydrogens is 293 g/mol. The molecule has 18 heavy (non-hydrogen) atoms. The standard InChI is InChI=1S/C11H17N3OS.2ClH/c12-9-2-1-5-14(6-9)11(15)4-3-10-7-16-8-13-10;;/h7-9H,1-6,12H2;2*1H. The summed E-state index contributed by atoms with van der Waals surface area (Å²) in [6.45, 7) is 1.58. The molecule has 0 aromatic carbocycles. The van der Waals surface area contributed by atoms with E-state index in [4.69, 9.17) is 5.73 Å². The fraction of sp³-hybridized carbons (Fsp3) is 0.636. The van der Waals surface area contributed by atoms with E-state index < -0.39 is 0 Å². The Bertz CT molecular complexity index is 348. The molecule has 1 aromatic heterocycles. The molecule has 0 bridgehead atoms. The van der Waals surface area contributed by atoms with Gasteiger partial charge in [0.1, 0.15) is 0 Å². The molecule has 1 aromatic rings. The minimum absolute atomic E-state index is 0. The highest BCUT2D eigenvalue weighted by atomic mass is 35.5. The van der Waals surface area contributed by atoms with Crippen LogP contribution in [0.25, 0.3) is 0 Å². The van der Waals surface area contributed by atoms with Crippen LogP contribution in [0.15, 0.2) is 10.9 Å². The highest BCUT2D eigenvalue weighted by Gasteiger charge is 2.20. The van der Waals surface area contributed by atoms with Crippen LogP contribution in [0.4, 0.5) is 0 Å². The normalized spacial score (nSPS) is 18.7. The summed E-state index contributed by atoms with van der Waals surface area (Å²) >= 11 is 1.57. The van der Waals surface area contributed by atoms with Crippen LogP contribution in [0.3, 0.4) is 0 Å². The number of thiazole rings is 1. The Balaban J connectivity index is 0.00000144. The van der Waals surface area contributed by atoms with Gasteiger partial charge in [-0.1, -0.05) is 0 Å². The number of carbonyl (C=O) groups is 1. The summed E-state index contributed by atoms with van der Waals surface area (Å²) in [7, 11) is 0. The first-order valence-corrected chi connectivity index (χ1v) is 6.60. The van der Waals surface area contributed by atoms with Crippen LogP contribution in [0.5, 0.6) is 0 Å². The Hall–Kier alpha value is -0.360. The second kappa shape index (κ2) is 8.69. The maximum atomic E-state index is 11.9. The van der Waals surface area contributed by atoms with Gasteiger partial charge in [0.25, 0.3) is 0 Å². The van der Waals surface area contributed by atoms with Crippen molar-refractivity contribution in [1.29, 1.82) is 0 Å². The molecule has 104 valence electrons. The van der Waals surface area contributed by atoms with Crippen LogP contribution in [-0.4, -0.2) is 34.9 Å². The van der Waals surface area contributed by atoms with Crippen molar-refractivity contribution in [1.82, 2.24) is 9.88 Å². The number of carbonyl (C=O) groups excluding carboxylic acids is 1. The van der Waals surface area contributed by atoms with Gasteiger partial charge < -0.3 is 10.6 Å². The molecule has 1 unspecified atom stereocenters. The largest absolute Gasteiger partial charge is 0.341 e. The number of likely N-dealkylation sites (tertiary alicyclic amines) is 1. The Morgan fingerprint density at radius 3 is 2.94 bits per heavy atom. The van der Waals surface area contributed by atoms with Crippen LogP contribution in [0, 0.1) is 0 Å². The fourth-order valence-electron chi connectivity index (χ4n) is 1.99. The minimum Gasteiger partial charge on any atom is -0.341 e. The molecule has 1 amide bonds. The van der Waals surface area contributed by atoms with E-state index in [9.17, 15) is 4.79 Å². The lowest BCUT2D eigenvalue weighted by Gasteiger charge is -2.30. The first-order valence-electron chi connectivity index (χ1n) is 5.66. The monoisotopic (exact) mass is 311 g/mol. The Kier molecular flexibility index (Phi) is 8.52. The molecule has 0 radical (unpaired) electrons. The summed E-state index contributed by atoms with van der Waals surface area (Å²) in [4.78, 5) is 17.9. The molecule has 0 saturated carbocycles. The Morgan fingerprint density at radius 1 is 1.56 bits per heavy atom. The lowest BCUT2D eigenvalue weighted by Crippen LogP contribution is -2.45. The molecule has 2 N–H and O–H groups in total. The number of hydrogen-bond donors (Lipinski definition) is 1. The van der Waals surface area contributed by atoms with E-state index in [0.29, 0.717) is 6.42 Å². The molecule has 1 saturated heterocycles. The summed E-state index contributed by atoms with van der Waals surface area (Å²) in [5.41, 5.74) is 8.66. The topological polar surface area (TPSA) is 59.2 Å². The first kappa shape index (κ1) is 17.6. The number of amides is 1. The molecule has 7 heteroatoms. The zero-order valence-corrected chi connectivity index (χ0v) is 12.5. The predicted octanol–water partition coefficient (Wildman–Crippen LogP) is 1.87. The molecule has 2 rings (SSSR count). The maximum absolute atomic E-state index is 11.9. The summed E-state index contributed by atoms with van der Waals surface area (Å²) in [5, 5.41) is 2.00. The van der Waals surface area contributed by atoms with Crippen molar-refractivity contribution in [3.05, 3.63) is 16.6 Å². The number of aryl methyl sites for hydroxylation is 1. The quantitative estimate of drug-likeness (QED) is 0.927. The van der Waals surface area contributed by atoms with Crippen molar-refractivity contribution >= 4 is 42.1 Å². The lowest BCUT2D eigenvalue weighted by atomic mass is 10.1. The van der Waals surface area contributed by atoms with Crippen LogP contribution in [0.2, 0.25) is 0 Å². The van der Waals surface area contributed by atoms with Gasteiger partial charge in [0.2, 0.25) is 5.91 Å². The van der Waals surface area contributed by atoms with Crippen LogP contribution in [0.1, 0.15) is 25.0 Å². The molecule has 0 aliphatic carbocycles. The van der Waals surface area contributed by atoms with Gasteiger partial charge in [-0.15, -0.1) is 36.2 Å². The van der Waals surface area contributed by atoms with Gasteiger partial charge in [-0.3, -0.25) is 4.79 Å². The van der Waals surface area contributed by atoms with E-state index in [0.717, 1.165) is 38.0 Å². The zero-order chi connectivity index (χ0) is 11.4. The third-order valence-electron chi connectivity index (χ3n) is 2.89. The van der Waals surface area contributed by atoms with Crippen LogP contribution < -0.4 is 5.73 Å². The molecule has 4 nitrogen and oxygen atoms in total.